The average Bonchev–Trinajstić information content (AvgIpc) is 3.77. The summed E-state index contributed by atoms with van der Waals surface area (Å²) in [5.74, 6) is 0.350. The number of nitrogens with zero attached hydrogens (tertiary/aromatic N) is 1. The number of hydrogen-bond acceptors (Lipinski definition) is 2. The summed E-state index contributed by atoms with van der Waals surface area (Å²) in [4.78, 5) is 0. The Bertz CT molecular complexity index is 2580. The van der Waals surface area contributed by atoms with E-state index in [-0.39, 0.29) is 0 Å². The first-order chi connectivity index (χ1) is 22.3. The standard InChI is InChI=1S/C42H29NS2/c1-2-11-26(12-3-1)27-13-10-14-28(23-27)33-25-39-40(32-17-6-9-20-37(32)44-39)41-34-24-29(21-22-38(34)45-42(33)41)43-35-18-7-4-15-30(35)31-16-5-8-19-36(31)43/h2,4-13,15-25,28H,1,3,14H2. The molecule has 1 atom stereocenters. The number of hydrogen-bond donors (Lipinski definition) is 0. The third-order valence-electron chi connectivity index (χ3n) is 9.73. The van der Waals surface area contributed by atoms with Crippen LogP contribution in [0, 0.1) is 0 Å². The molecule has 214 valence electrons. The second-order valence-corrected chi connectivity index (χ2v) is 14.4. The summed E-state index contributed by atoms with van der Waals surface area (Å²) in [7, 11) is 0. The van der Waals surface area contributed by atoms with Gasteiger partial charge >= 0.3 is 0 Å². The van der Waals surface area contributed by atoms with E-state index >= 15 is 0 Å². The third kappa shape index (κ3) is 3.84. The number of aromatic nitrogens is 1. The van der Waals surface area contributed by atoms with Gasteiger partial charge in [-0.25, -0.2) is 0 Å². The van der Waals surface area contributed by atoms with Gasteiger partial charge in [0, 0.05) is 62.7 Å². The highest BCUT2D eigenvalue weighted by Crippen LogP contribution is 2.49. The maximum atomic E-state index is 2.53. The molecular formula is C42H29NS2. The summed E-state index contributed by atoms with van der Waals surface area (Å²) in [6.07, 6.45) is 17.6. The van der Waals surface area contributed by atoms with Gasteiger partial charge in [-0.15, -0.1) is 22.7 Å². The van der Waals surface area contributed by atoms with Gasteiger partial charge in [0.25, 0.3) is 0 Å². The van der Waals surface area contributed by atoms with Crippen LogP contribution < -0.4 is 0 Å². The maximum absolute atomic E-state index is 2.53. The van der Waals surface area contributed by atoms with E-state index in [0.29, 0.717) is 5.92 Å². The molecule has 0 spiro atoms. The van der Waals surface area contributed by atoms with Crippen molar-refractivity contribution < 1.29 is 0 Å². The first-order valence-electron chi connectivity index (χ1n) is 15.9. The molecule has 3 aromatic heterocycles. The van der Waals surface area contributed by atoms with Crippen LogP contribution in [0.3, 0.4) is 0 Å². The summed E-state index contributed by atoms with van der Waals surface area (Å²) < 4.78 is 7.99. The van der Waals surface area contributed by atoms with E-state index in [1.807, 2.05) is 22.7 Å². The largest absolute Gasteiger partial charge is 0.309 e. The van der Waals surface area contributed by atoms with Gasteiger partial charge in [-0.1, -0.05) is 91.1 Å². The van der Waals surface area contributed by atoms with Crippen molar-refractivity contribution in [2.24, 2.45) is 0 Å². The lowest BCUT2D eigenvalue weighted by atomic mass is 9.85. The fraction of sp³-hybridized carbons (Fsp3) is 0.0952. The number of benzene rings is 5. The lowest BCUT2D eigenvalue weighted by Crippen LogP contribution is -2.01. The fourth-order valence-electron chi connectivity index (χ4n) is 7.70. The molecule has 3 heterocycles. The number of thiophene rings is 2. The van der Waals surface area contributed by atoms with Gasteiger partial charge in [-0.05, 0) is 78.4 Å². The van der Waals surface area contributed by atoms with E-state index in [1.165, 1.54) is 84.5 Å². The first kappa shape index (κ1) is 25.6. The van der Waals surface area contributed by atoms with Crippen LogP contribution in [0.15, 0.2) is 145 Å². The first-order valence-corrected chi connectivity index (χ1v) is 17.5. The zero-order chi connectivity index (χ0) is 29.5. The molecule has 2 aliphatic carbocycles. The summed E-state index contributed by atoms with van der Waals surface area (Å²) >= 11 is 3.91. The molecule has 0 fully saturated rings. The Morgan fingerprint density at radius 3 is 2.11 bits per heavy atom. The highest BCUT2D eigenvalue weighted by molar-refractivity contribution is 7.28. The Labute approximate surface area is 269 Å². The van der Waals surface area contributed by atoms with Crippen LogP contribution in [0.1, 0.15) is 30.7 Å². The van der Waals surface area contributed by atoms with Gasteiger partial charge in [0.2, 0.25) is 0 Å². The van der Waals surface area contributed by atoms with Gasteiger partial charge < -0.3 is 4.57 Å². The van der Waals surface area contributed by atoms with Crippen molar-refractivity contribution in [1.82, 2.24) is 4.57 Å². The van der Waals surface area contributed by atoms with Crippen LogP contribution in [0.4, 0.5) is 0 Å². The van der Waals surface area contributed by atoms with E-state index < -0.39 is 0 Å². The van der Waals surface area contributed by atoms with E-state index in [4.69, 9.17) is 0 Å². The fourth-order valence-corrected chi connectivity index (χ4v) is 10.1. The summed E-state index contributed by atoms with van der Waals surface area (Å²) in [5, 5.41) is 8.16. The van der Waals surface area contributed by atoms with Crippen LogP contribution in [0.25, 0.3) is 67.8 Å². The number of rotatable bonds is 3. The second kappa shape index (κ2) is 9.90. The predicted octanol–water partition coefficient (Wildman–Crippen LogP) is 12.8. The molecule has 1 nitrogen and oxygen atoms in total. The minimum absolute atomic E-state index is 0.350. The van der Waals surface area contributed by atoms with Gasteiger partial charge in [0.1, 0.15) is 0 Å². The highest BCUT2D eigenvalue weighted by atomic mass is 32.1. The molecule has 0 saturated carbocycles. The highest BCUT2D eigenvalue weighted by Gasteiger charge is 2.23. The van der Waals surface area contributed by atoms with Crippen LogP contribution in [0.2, 0.25) is 0 Å². The SMILES string of the molecule is C1=CC(C2=CC(c3cc4sc5ccccc5c4c4c3sc3ccc(-n5c6ccccc6c6ccccc65)cc34)CC=C2)=CCC1. The smallest absolute Gasteiger partial charge is 0.0541 e. The van der Waals surface area contributed by atoms with Crippen LogP contribution in [-0.2, 0) is 0 Å². The Morgan fingerprint density at radius 1 is 0.578 bits per heavy atom. The van der Waals surface area contributed by atoms with Gasteiger partial charge in [0.05, 0.1) is 11.0 Å². The Kier molecular flexibility index (Phi) is 5.64. The number of para-hydroxylation sites is 2. The molecule has 2 aliphatic rings. The zero-order valence-electron chi connectivity index (χ0n) is 24.7. The van der Waals surface area contributed by atoms with Crippen molar-refractivity contribution in [3.63, 3.8) is 0 Å². The Balaban J connectivity index is 1.27. The van der Waals surface area contributed by atoms with Crippen LogP contribution in [-0.4, -0.2) is 4.57 Å². The predicted molar refractivity (Wildman–Crippen MR) is 198 cm³/mol. The molecule has 0 amide bonds. The molecule has 10 rings (SSSR count). The summed E-state index contributed by atoms with van der Waals surface area (Å²) in [6, 6.07) is 36.3. The van der Waals surface area contributed by atoms with E-state index in [0.717, 1.165) is 19.3 Å². The van der Waals surface area contributed by atoms with Gasteiger partial charge in [-0.2, -0.15) is 0 Å². The van der Waals surface area contributed by atoms with Crippen molar-refractivity contribution in [2.45, 2.75) is 25.2 Å². The van der Waals surface area contributed by atoms with Crippen LogP contribution in [0.5, 0.6) is 0 Å². The van der Waals surface area contributed by atoms with Gasteiger partial charge in [0.15, 0.2) is 0 Å². The third-order valence-corrected chi connectivity index (χ3v) is 12.1. The quantitative estimate of drug-likeness (QED) is 0.187. The van der Waals surface area contributed by atoms with Crippen molar-refractivity contribution in [3.8, 4) is 5.69 Å². The summed E-state index contributed by atoms with van der Waals surface area (Å²) in [6.45, 7) is 0. The normalized spacial score (nSPS) is 16.9. The van der Waals surface area contributed by atoms with Gasteiger partial charge in [-0.3, -0.25) is 0 Å². The number of allylic oxidation sites excluding steroid dienone is 8. The Hall–Kier alpha value is -4.70. The monoisotopic (exact) mass is 611 g/mol. The second-order valence-electron chi connectivity index (χ2n) is 12.3. The molecule has 45 heavy (non-hydrogen) atoms. The van der Waals surface area contributed by atoms with E-state index in [2.05, 4.69) is 138 Å². The molecule has 3 heteroatoms. The molecule has 0 bridgehead atoms. The lowest BCUT2D eigenvalue weighted by molar-refractivity contribution is 0.855. The zero-order valence-corrected chi connectivity index (χ0v) is 26.3. The molecule has 5 aromatic carbocycles. The van der Waals surface area contributed by atoms with Crippen molar-refractivity contribution in [3.05, 3.63) is 150 Å². The van der Waals surface area contributed by atoms with E-state index in [9.17, 15) is 0 Å². The molecule has 1 unspecified atom stereocenters. The molecule has 0 saturated heterocycles. The van der Waals surface area contributed by atoms with E-state index in [1.54, 1.807) is 0 Å². The lowest BCUT2D eigenvalue weighted by Gasteiger charge is -2.20. The maximum Gasteiger partial charge on any atom is 0.0541 e. The van der Waals surface area contributed by atoms with Crippen LogP contribution >= 0.6 is 22.7 Å². The van der Waals surface area contributed by atoms with Crippen molar-refractivity contribution in [2.75, 3.05) is 0 Å². The average molecular weight is 612 g/mol. The summed E-state index contributed by atoms with van der Waals surface area (Å²) in [5.41, 5.74) is 7.92. The molecule has 0 radical (unpaired) electrons. The minimum atomic E-state index is 0.350. The molecule has 0 aliphatic heterocycles. The molecule has 0 N–H and O–H groups in total. The minimum Gasteiger partial charge on any atom is -0.309 e. The topological polar surface area (TPSA) is 4.93 Å². The van der Waals surface area contributed by atoms with Crippen molar-refractivity contribution >= 4 is 84.8 Å². The van der Waals surface area contributed by atoms with Crippen molar-refractivity contribution in [1.29, 1.82) is 0 Å². The number of fused-ring (bicyclic) bond motifs is 10. The molecule has 8 aromatic rings. The Morgan fingerprint density at radius 2 is 1.31 bits per heavy atom. The molecular weight excluding hydrogens is 583 g/mol.